The Kier molecular flexibility index (Phi) is 4.99. The molecule has 0 saturated heterocycles. The van der Waals surface area contributed by atoms with Gasteiger partial charge in [0.05, 0.1) is 6.04 Å². The summed E-state index contributed by atoms with van der Waals surface area (Å²) in [6.07, 6.45) is 0. The highest BCUT2D eigenvalue weighted by Crippen LogP contribution is 2.10. The Labute approximate surface area is 103 Å². The van der Waals surface area contributed by atoms with E-state index in [2.05, 4.69) is 36.3 Å². The van der Waals surface area contributed by atoms with Crippen LogP contribution < -0.4 is 10.6 Å². The molecule has 2 N–H and O–H groups in total. The molecule has 1 atom stereocenters. The number of hydrogen-bond donors (Lipinski definition) is 2. The predicted octanol–water partition coefficient (Wildman–Crippen LogP) is 2.79. The molecule has 1 aromatic rings. The second kappa shape index (κ2) is 6.28. The second-order valence-corrected chi connectivity index (χ2v) is 4.32. The number of nitrogens with one attached hydrogen (secondary N) is 2. The van der Waals surface area contributed by atoms with Gasteiger partial charge in [-0.3, -0.25) is 0 Å². The lowest BCUT2D eigenvalue weighted by Crippen LogP contribution is -2.37. The lowest BCUT2D eigenvalue weighted by Gasteiger charge is -2.17. The van der Waals surface area contributed by atoms with Crippen molar-refractivity contribution in [3.8, 4) is 0 Å². The fraction of sp³-hybridized carbons (Fsp3) is 0.308. The fourth-order valence-corrected chi connectivity index (χ4v) is 1.55. The van der Waals surface area contributed by atoms with Crippen LogP contribution in [0.15, 0.2) is 42.5 Å². The highest BCUT2D eigenvalue weighted by atomic mass is 32.1. The minimum atomic E-state index is 0.214. The van der Waals surface area contributed by atoms with Crippen LogP contribution in [0.4, 0.5) is 0 Å². The molecule has 0 aliphatic rings. The van der Waals surface area contributed by atoms with E-state index in [4.69, 9.17) is 12.2 Å². The third-order valence-corrected chi connectivity index (χ3v) is 2.46. The van der Waals surface area contributed by atoms with Gasteiger partial charge in [-0.25, -0.2) is 0 Å². The zero-order valence-corrected chi connectivity index (χ0v) is 10.6. The van der Waals surface area contributed by atoms with Gasteiger partial charge in [-0.1, -0.05) is 42.5 Å². The van der Waals surface area contributed by atoms with Crippen LogP contribution in [-0.4, -0.2) is 11.7 Å². The van der Waals surface area contributed by atoms with Crippen molar-refractivity contribution in [2.75, 3.05) is 6.54 Å². The van der Waals surface area contributed by atoms with E-state index >= 15 is 0 Å². The average molecular weight is 234 g/mol. The lowest BCUT2D eigenvalue weighted by atomic mass is 10.1. The van der Waals surface area contributed by atoms with Crippen LogP contribution in [0.2, 0.25) is 0 Å². The summed E-state index contributed by atoms with van der Waals surface area (Å²) in [6, 6.07) is 10.4. The summed E-state index contributed by atoms with van der Waals surface area (Å²) in [5.41, 5.74) is 2.29. The molecule has 16 heavy (non-hydrogen) atoms. The van der Waals surface area contributed by atoms with E-state index in [1.54, 1.807) is 0 Å². The molecule has 1 unspecified atom stereocenters. The van der Waals surface area contributed by atoms with E-state index in [0.29, 0.717) is 11.7 Å². The molecule has 0 radical (unpaired) electrons. The summed E-state index contributed by atoms with van der Waals surface area (Å²) in [6.45, 7) is 8.59. The van der Waals surface area contributed by atoms with E-state index in [1.807, 2.05) is 25.1 Å². The maximum Gasteiger partial charge on any atom is 0.167 e. The first-order valence-corrected chi connectivity index (χ1v) is 5.74. The molecule has 1 aromatic carbocycles. The zero-order valence-electron chi connectivity index (χ0n) is 9.79. The van der Waals surface area contributed by atoms with Gasteiger partial charge in [0.15, 0.2) is 5.11 Å². The van der Waals surface area contributed by atoms with E-state index < -0.39 is 0 Å². The number of hydrogen-bond acceptors (Lipinski definition) is 1. The molecule has 0 aliphatic heterocycles. The molecule has 0 heterocycles. The summed E-state index contributed by atoms with van der Waals surface area (Å²) < 4.78 is 0. The van der Waals surface area contributed by atoms with Gasteiger partial charge in [0.2, 0.25) is 0 Å². The Morgan fingerprint density at radius 2 is 2.00 bits per heavy atom. The zero-order chi connectivity index (χ0) is 12.0. The first-order valence-electron chi connectivity index (χ1n) is 5.33. The maximum atomic E-state index is 5.19. The van der Waals surface area contributed by atoms with Crippen molar-refractivity contribution in [3.63, 3.8) is 0 Å². The van der Waals surface area contributed by atoms with Gasteiger partial charge < -0.3 is 10.6 Å². The van der Waals surface area contributed by atoms with Crippen molar-refractivity contribution in [3.05, 3.63) is 48.0 Å². The van der Waals surface area contributed by atoms with Gasteiger partial charge >= 0.3 is 0 Å². The molecule has 1 rings (SSSR count). The van der Waals surface area contributed by atoms with Crippen LogP contribution in [0.1, 0.15) is 25.5 Å². The maximum absolute atomic E-state index is 5.19. The topological polar surface area (TPSA) is 24.1 Å². The highest BCUT2D eigenvalue weighted by molar-refractivity contribution is 7.80. The van der Waals surface area contributed by atoms with Crippen molar-refractivity contribution in [2.24, 2.45) is 0 Å². The Morgan fingerprint density at radius 1 is 1.38 bits per heavy atom. The van der Waals surface area contributed by atoms with Crippen LogP contribution in [0, 0.1) is 0 Å². The Bertz CT molecular complexity index is 359. The third-order valence-electron chi connectivity index (χ3n) is 2.20. The molecule has 0 aromatic heterocycles. The molecule has 3 heteroatoms. The van der Waals surface area contributed by atoms with Crippen molar-refractivity contribution < 1.29 is 0 Å². The van der Waals surface area contributed by atoms with Crippen molar-refractivity contribution in [1.29, 1.82) is 0 Å². The van der Waals surface area contributed by atoms with Gasteiger partial charge in [0.1, 0.15) is 0 Å². The molecule has 2 nitrogen and oxygen atoms in total. The number of rotatable bonds is 4. The quantitative estimate of drug-likeness (QED) is 0.619. The van der Waals surface area contributed by atoms with Gasteiger partial charge in [-0.05, 0) is 31.6 Å². The molecule has 0 fully saturated rings. The van der Waals surface area contributed by atoms with Crippen LogP contribution in [0.3, 0.4) is 0 Å². The molecular formula is C13H18N2S. The van der Waals surface area contributed by atoms with Crippen molar-refractivity contribution in [2.45, 2.75) is 19.9 Å². The summed E-state index contributed by atoms with van der Waals surface area (Å²) in [4.78, 5) is 0. The molecule has 0 bridgehead atoms. The fourth-order valence-electron chi connectivity index (χ4n) is 1.30. The number of benzene rings is 1. The third kappa shape index (κ3) is 4.45. The minimum Gasteiger partial charge on any atom is -0.359 e. The normalized spacial score (nSPS) is 11.6. The standard InChI is InChI=1S/C13H18N2S/c1-10(2)9-14-13(16)15-11(3)12-7-5-4-6-8-12/h4-8,11H,1,9H2,2-3H3,(H2,14,15,16). The lowest BCUT2D eigenvalue weighted by molar-refractivity contribution is 0.704. The van der Waals surface area contributed by atoms with Gasteiger partial charge in [0.25, 0.3) is 0 Å². The van der Waals surface area contributed by atoms with E-state index in [0.717, 1.165) is 5.57 Å². The van der Waals surface area contributed by atoms with Crippen LogP contribution >= 0.6 is 12.2 Å². The van der Waals surface area contributed by atoms with Crippen molar-refractivity contribution in [1.82, 2.24) is 10.6 Å². The van der Waals surface area contributed by atoms with Crippen LogP contribution in [0.25, 0.3) is 0 Å². The molecule has 0 saturated carbocycles. The van der Waals surface area contributed by atoms with E-state index in [9.17, 15) is 0 Å². The minimum absolute atomic E-state index is 0.214. The van der Waals surface area contributed by atoms with E-state index in [1.165, 1.54) is 5.56 Å². The summed E-state index contributed by atoms with van der Waals surface area (Å²) in [7, 11) is 0. The smallest absolute Gasteiger partial charge is 0.167 e. The van der Waals surface area contributed by atoms with Crippen molar-refractivity contribution >= 4 is 17.3 Å². The predicted molar refractivity (Wildman–Crippen MR) is 73.4 cm³/mol. The monoisotopic (exact) mass is 234 g/mol. The van der Waals surface area contributed by atoms with Gasteiger partial charge in [-0.2, -0.15) is 0 Å². The molecule has 0 spiro atoms. The molecule has 0 amide bonds. The largest absolute Gasteiger partial charge is 0.359 e. The van der Waals surface area contributed by atoms with Crippen LogP contribution in [0.5, 0.6) is 0 Å². The Balaban J connectivity index is 2.43. The SMILES string of the molecule is C=C(C)CNC(=S)NC(C)c1ccccc1. The highest BCUT2D eigenvalue weighted by Gasteiger charge is 2.05. The van der Waals surface area contributed by atoms with Gasteiger partial charge in [0, 0.05) is 6.54 Å². The second-order valence-electron chi connectivity index (χ2n) is 3.92. The number of thiocarbonyl (C=S) groups is 1. The van der Waals surface area contributed by atoms with E-state index in [-0.39, 0.29) is 6.04 Å². The molecule has 86 valence electrons. The molecular weight excluding hydrogens is 216 g/mol. The Hall–Kier alpha value is -1.35. The first-order chi connectivity index (χ1) is 7.59. The first kappa shape index (κ1) is 12.7. The summed E-state index contributed by atoms with van der Waals surface area (Å²) >= 11 is 5.19. The molecule has 0 aliphatic carbocycles. The van der Waals surface area contributed by atoms with Crippen LogP contribution in [-0.2, 0) is 0 Å². The summed E-state index contributed by atoms with van der Waals surface area (Å²) in [5, 5.41) is 7.00. The Morgan fingerprint density at radius 3 is 2.56 bits per heavy atom. The van der Waals surface area contributed by atoms with Gasteiger partial charge in [-0.15, -0.1) is 0 Å². The summed E-state index contributed by atoms with van der Waals surface area (Å²) in [5.74, 6) is 0. The average Bonchev–Trinajstić information content (AvgIpc) is 2.27.